The topological polar surface area (TPSA) is 75.4 Å². The van der Waals surface area contributed by atoms with E-state index in [0.29, 0.717) is 24.2 Å². The molecule has 0 saturated carbocycles. The number of rotatable bonds is 5. The minimum Gasteiger partial charge on any atom is -0.481 e. The summed E-state index contributed by atoms with van der Waals surface area (Å²) >= 11 is 0. The molecular formula is C12H19N3O3. The number of hydrogen-bond donors (Lipinski definition) is 1. The van der Waals surface area contributed by atoms with Crippen molar-refractivity contribution in [2.45, 2.75) is 26.7 Å². The Balaban J connectivity index is 2.71. The Hall–Kier alpha value is -1.85. The summed E-state index contributed by atoms with van der Waals surface area (Å²) in [5.74, 6) is -0.951. The van der Waals surface area contributed by atoms with E-state index >= 15 is 0 Å². The molecule has 0 aliphatic rings. The van der Waals surface area contributed by atoms with E-state index in [-0.39, 0.29) is 12.3 Å². The zero-order valence-corrected chi connectivity index (χ0v) is 11.2. The number of aryl methyl sites for hydroxylation is 2. The smallest absolute Gasteiger partial charge is 0.303 e. The molecule has 0 bridgehead atoms. The molecule has 6 nitrogen and oxygen atoms in total. The van der Waals surface area contributed by atoms with Crippen molar-refractivity contribution in [3.63, 3.8) is 0 Å². The Morgan fingerprint density at radius 3 is 2.44 bits per heavy atom. The van der Waals surface area contributed by atoms with Crippen LogP contribution < -0.4 is 0 Å². The SMILES string of the molecule is Cc1nn(C)c(C)c1C(=O)N(C)CCCC(=O)O. The van der Waals surface area contributed by atoms with Crippen molar-refractivity contribution in [3.8, 4) is 0 Å². The van der Waals surface area contributed by atoms with Crippen molar-refractivity contribution in [3.05, 3.63) is 17.0 Å². The van der Waals surface area contributed by atoms with Gasteiger partial charge in [0, 0.05) is 32.8 Å². The highest BCUT2D eigenvalue weighted by molar-refractivity contribution is 5.96. The van der Waals surface area contributed by atoms with Crippen molar-refractivity contribution >= 4 is 11.9 Å². The lowest BCUT2D eigenvalue weighted by molar-refractivity contribution is -0.137. The number of carboxylic acids is 1. The zero-order chi connectivity index (χ0) is 13.9. The molecule has 0 fully saturated rings. The van der Waals surface area contributed by atoms with E-state index in [4.69, 9.17) is 5.11 Å². The lowest BCUT2D eigenvalue weighted by Gasteiger charge is -2.16. The van der Waals surface area contributed by atoms with Crippen LogP contribution in [0, 0.1) is 13.8 Å². The van der Waals surface area contributed by atoms with Gasteiger partial charge in [0.15, 0.2) is 0 Å². The number of carbonyl (C=O) groups excluding carboxylic acids is 1. The third-order valence-corrected chi connectivity index (χ3v) is 2.95. The van der Waals surface area contributed by atoms with Gasteiger partial charge in [-0.05, 0) is 20.3 Å². The Kier molecular flexibility index (Phi) is 4.47. The van der Waals surface area contributed by atoms with Crippen molar-refractivity contribution in [2.75, 3.05) is 13.6 Å². The summed E-state index contributed by atoms with van der Waals surface area (Å²) in [7, 11) is 3.47. The van der Waals surface area contributed by atoms with E-state index in [0.717, 1.165) is 5.69 Å². The van der Waals surface area contributed by atoms with Gasteiger partial charge < -0.3 is 10.0 Å². The summed E-state index contributed by atoms with van der Waals surface area (Å²) in [6.45, 7) is 4.07. The average Bonchev–Trinajstić information content (AvgIpc) is 2.51. The van der Waals surface area contributed by atoms with Gasteiger partial charge in [-0.25, -0.2) is 0 Å². The summed E-state index contributed by atoms with van der Waals surface area (Å²) < 4.78 is 1.67. The fourth-order valence-electron chi connectivity index (χ4n) is 1.84. The number of carboxylic acid groups (broad SMARTS) is 1. The molecule has 0 saturated heterocycles. The predicted octanol–water partition coefficient (Wildman–Crippen LogP) is 0.974. The molecular weight excluding hydrogens is 234 g/mol. The fourth-order valence-corrected chi connectivity index (χ4v) is 1.84. The molecule has 100 valence electrons. The number of aliphatic carboxylic acids is 1. The van der Waals surface area contributed by atoms with Gasteiger partial charge in [-0.2, -0.15) is 5.10 Å². The summed E-state index contributed by atoms with van der Waals surface area (Å²) in [6.07, 6.45) is 0.526. The molecule has 0 radical (unpaired) electrons. The predicted molar refractivity (Wildman–Crippen MR) is 66.5 cm³/mol. The van der Waals surface area contributed by atoms with Crippen LogP contribution in [0.25, 0.3) is 0 Å². The third-order valence-electron chi connectivity index (χ3n) is 2.95. The highest BCUT2D eigenvalue weighted by Gasteiger charge is 2.20. The second kappa shape index (κ2) is 5.66. The lowest BCUT2D eigenvalue weighted by Crippen LogP contribution is -2.29. The molecule has 1 amide bonds. The van der Waals surface area contributed by atoms with E-state index in [2.05, 4.69) is 5.10 Å². The molecule has 1 aromatic heterocycles. The van der Waals surface area contributed by atoms with Crippen LogP contribution in [0.5, 0.6) is 0 Å². The van der Waals surface area contributed by atoms with Gasteiger partial charge in [0.25, 0.3) is 5.91 Å². The first-order valence-corrected chi connectivity index (χ1v) is 5.82. The minimum atomic E-state index is -0.843. The average molecular weight is 253 g/mol. The Morgan fingerprint density at radius 2 is 2.00 bits per heavy atom. The molecule has 0 aliphatic heterocycles. The number of hydrogen-bond acceptors (Lipinski definition) is 3. The van der Waals surface area contributed by atoms with Crippen LogP contribution in [0.4, 0.5) is 0 Å². The third kappa shape index (κ3) is 3.09. The summed E-state index contributed by atoms with van der Waals surface area (Å²) in [5.41, 5.74) is 2.13. The molecule has 1 rings (SSSR count). The molecule has 0 atom stereocenters. The largest absolute Gasteiger partial charge is 0.481 e. The minimum absolute atomic E-state index is 0.0720. The molecule has 0 spiro atoms. The van der Waals surface area contributed by atoms with Crippen LogP contribution >= 0.6 is 0 Å². The maximum Gasteiger partial charge on any atom is 0.303 e. The van der Waals surface area contributed by atoms with Crippen molar-refractivity contribution < 1.29 is 14.7 Å². The van der Waals surface area contributed by atoms with Gasteiger partial charge in [-0.1, -0.05) is 0 Å². The monoisotopic (exact) mass is 253 g/mol. The molecule has 1 aromatic rings. The van der Waals surface area contributed by atoms with Crippen LogP contribution in [0.15, 0.2) is 0 Å². The van der Waals surface area contributed by atoms with Crippen molar-refractivity contribution in [1.82, 2.24) is 14.7 Å². The zero-order valence-electron chi connectivity index (χ0n) is 11.2. The summed E-state index contributed by atoms with van der Waals surface area (Å²) in [5, 5.41) is 12.8. The van der Waals surface area contributed by atoms with Gasteiger partial charge in [0.2, 0.25) is 0 Å². The van der Waals surface area contributed by atoms with Crippen LogP contribution in [0.2, 0.25) is 0 Å². The Morgan fingerprint density at radius 1 is 1.39 bits per heavy atom. The number of aromatic nitrogens is 2. The van der Waals surface area contributed by atoms with E-state index in [1.807, 2.05) is 6.92 Å². The number of amides is 1. The van der Waals surface area contributed by atoms with E-state index < -0.39 is 5.97 Å². The molecule has 0 aromatic carbocycles. The lowest BCUT2D eigenvalue weighted by atomic mass is 10.1. The quantitative estimate of drug-likeness (QED) is 0.848. The normalized spacial score (nSPS) is 10.4. The van der Waals surface area contributed by atoms with Crippen LogP contribution in [0.1, 0.15) is 34.6 Å². The molecule has 18 heavy (non-hydrogen) atoms. The standard InChI is InChI=1S/C12H19N3O3/c1-8-11(9(2)15(4)13-8)12(18)14(3)7-5-6-10(16)17/h5-7H2,1-4H3,(H,16,17). The summed E-state index contributed by atoms with van der Waals surface area (Å²) in [6, 6.07) is 0. The highest BCUT2D eigenvalue weighted by atomic mass is 16.4. The van der Waals surface area contributed by atoms with Crippen molar-refractivity contribution in [2.24, 2.45) is 7.05 Å². The van der Waals surface area contributed by atoms with E-state index in [1.54, 1.807) is 30.6 Å². The second-order valence-corrected chi connectivity index (χ2v) is 4.39. The first kappa shape index (κ1) is 14.2. The molecule has 0 unspecified atom stereocenters. The van der Waals surface area contributed by atoms with Crippen LogP contribution in [-0.2, 0) is 11.8 Å². The van der Waals surface area contributed by atoms with Gasteiger partial charge >= 0.3 is 5.97 Å². The number of nitrogens with zero attached hydrogens (tertiary/aromatic N) is 3. The first-order valence-electron chi connectivity index (χ1n) is 5.82. The second-order valence-electron chi connectivity index (χ2n) is 4.39. The van der Waals surface area contributed by atoms with E-state index in [1.165, 1.54) is 0 Å². The van der Waals surface area contributed by atoms with Gasteiger partial charge in [-0.3, -0.25) is 14.3 Å². The fraction of sp³-hybridized carbons (Fsp3) is 0.583. The first-order chi connectivity index (χ1) is 8.34. The van der Waals surface area contributed by atoms with Crippen molar-refractivity contribution in [1.29, 1.82) is 0 Å². The summed E-state index contributed by atoms with van der Waals surface area (Å²) in [4.78, 5) is 24.2. The number of carbonyl (C=O) groups is 2. The maximum atomic E-state index is 12.2. The van der Waals surface area contributed by atoms with Gasteiger partial charge in [-0.15, -0.1) is 0 Å². The van der Waals surface area contributed by atoms with Gasteiger partial charge in [0.1, 0.15) is 0 Å². The molecule has 1 N–H and O–H groups in total. The Labute approximate surface area is 106 Å². The van der Waals surface area contributed by atoms with Crippen LogP contribution in [-0.4, -0.2) is 45.3 Å². The van der Waals surface area contributed by atoms with Crippen LogP contribution in [0.3, 0.4) is 0 Å². The highest BCUT2D eigenvalue weighted by Crippen LogP contribution is 2.14. The van der Waals surface area contributed by atoms with E-state index in [9.17, 15) is 9.59 Å². The van der Waals surface area contributed by atoms with Gasteiger partial charge in [0.05, 0.1) is 11.3 Å². The molecule has 0 aliphatic carbocycles. The molecule has 6 heteroatoms. The Bertz CT molecular complexity index is 465. The molecule has 1 heterocycles. The maximum absolute atomic E-state index is 12.2.